The van der Waals surface area contributed by atoms with Gasteiger partial charge in [0.2, 0.25) is 0 Å². The molecule has 1 rings (SSSR count). The first-order valence-corrected chi connectivity index (χ1v) is 5.05. The summed E-state index contributed by atoms with van der Waals surface area (Å²) in [6.07, 6.45) is -2.56. The van der Waals surface area contributed by atoms with E-state index in [1.165, 1.54) is 18.2 Å². The van der Waals surface area contributed by atoms with Crippen LogP contribution < -0.4 is 5.73 Å². The van der Waals surface area contributed by atoms with Crippen LogP contribution in [0.5, 0.6) is 0 Å². The van der Waals surface area contributed by atoms with Gasteiger partial charge in [-0.1, -0.05) is 6.07 Å². The third-order valence-electron chi connectivity index (χ3n) is 2.15. The van der Waals surface area contributed by atoms with Crippen LogP contribution >= 0.6 is 11.6 Å². The Balaban J connectivity index is 3.17. The molecule has 5 nitrogen and oxygen atoms in total. The molecule has 0 aliphatic carbocycles. The fraction of sp³-hybridized carbons (Fsp3) is 0.300. The molecule has 0 radical (unpaired) electrons. The summed E-state index contributed by atoms with van der Waals surface area (Å²) in [6.45, 7) is 0. The van der Waals surface area contributed by atoms with Gasteiger partial charge >= 0.3 is 5.97 Å². The maximum atomic E-state index is 10.9. The zero-order valence-electron chi connectivity index (χ0n) is 8.30. The first-order valence-electron chi connectivity index (χ1n) is 4.52. The predicted octanol–water partition coefficient (Wildman–Crippen LogP) is 0.600. The molecule has 0 amide bonds. The molecular formula is C10H12ClNO4. The van der Waals surface area contributed by atoms with E-state index < -0.39 is 18.2 Å². The van der Waals surface area contributed by atoms with Gasteiger partial charge in [-0.25, -0.2) is 4.79 Å². The maximum absolute atomic E-state index is 10.9. The smallest absolute Gasteiger partial charge is 0.336 e. The second-order valence-corrected chi connectivity index (χ2v) is 3.63. The number of hydrogen-bond acceptors (Lipinski definition) is 4. The number of aliphatic hydroxyl groups is 2. The van der Waals surface area contributed by atoms with Gasteiger partial charge in [0, 0.05) is 5.69 Å². The number of hydrogen-bond donors (Lipinski definition) is 4. The third-order valence-corrected chi connectivity index (χ3v) is 2.47. The van der Waals surface area contributed by atoms with Gasteiger partial charge in [0.15, 0.2) is 0 Å². The molecule has 1 aromatic rings. The lowest BCUT2D eigenvalue weighted by atomic mass is 9.98. The van der Waals surface area contributed by atoms with Crippen molar-refractivity contribution in [3.05, 3.63) is 29.3 Å². The lowest BCUT2D eigenvalue weighted by Crippen LogP contribution is -2.22. The Bertz CT molecular complexity index is 396. The summed E-state index contributed by atoms with van der Waals surface area (Å²) in [5.74, 6) is -1.41. The molecule has 0 saturated carbocycles. The van der Waals surface area contributed by atoms with E-state index in [9.17, 15) is 15.0 Å². The lowest BCUT2D eigenvalue weighted by Gasteiger charge is -2.17. The minimum absolute atomic E-state index is 0.0925. The molecule has 2 atom stereocenters. The van der Waals surface area contributed by atoms with Gasteiger partial charge in [-0.3, -0.25) is 0 Å². The van der Waals surface area contributed by atoms with E-state index in [0.29, 0.717) is 0 Å². The van der Waals surface area contributed by atoms with Crippen molar-refractivity contribution in [1.82, 2.24) is 0 Å². The highest BCUT2D eigenvalue weighted by molar-refractivity contribution is 6.18. The fourth-order valence-electron chi connectivity index (χ4n) is 1.31. The number of halogens is 1. The fourth-order valence-corrected chi connectivity index (χ4v) is 1.48. The number of rotatable bonds is 4. The van der Waals surface area contributed by atoms with Crippen LogP contribution in [0.2, 0.25) is 0 Å². The molecule has 0 saturated heterocycles. The van der Waals surface area contributed by atoms with Crippen molar-refractivity contribution >= 4 is 23.3 Å². The van der Waals surface area contributed by atoms with Gasteiger partial charge in [0.25, 0.3) is 0 Å². The van der Waals surface area contributed by atoms with Gasteiger partial charge in [0.05, 0.1) is 17.5 Å². The van der Waals surface area contributed by atoms with Crippen LogP contribution in [0.3, 0.4) is 0 Å². The normalized spacial score (nSPS) is 14.4. The number of aliphatic hydroxyl groups excluding tert-OH is 2. The zero-order valence-corrected chi connectivity index (χ0v) is 9.05. The van der Waals surface area contributed by atoms with Crippen molar-refractivity contribution in [1.29, 1.82) is 0 Å². The predicted molar refractivity (Wildman–Crippen MR) is 59.5 cm³/mol. The molecule has 0 fully saturated rings. The number of benzene rings is 1. The summed E-state index contributed by atoms with van der Waals surface area (Å²) in [6, 6.07) is 4.03. The summed E-state index contributed by atoms with van der Waals surface area (Å²) in [4.78, 5) is 10.9. The Labute approximate surface area is 97.1 Å². The van der Waals surface area contributed by atoms with Gasteiger partial charge in [-0.2, -0.15) is 0 Å². The van der Waals surface area contributed by atoms with Gasteiger partial charge in [0.1, 0.15) is 6.10 Å². The van der Waals surface area contributed by atoms with Gasteiger partial charge in [-0.05, 0) is 17.7 Å². The number of alkyl halides is 1. The molecule has 5 N–H and O–H groups in total. The number of aromatic carboxylic acids is 1. The van der Waals surface area contributed by atoms with E-state index in [1.807, 2.05) is 0 Å². The molecule has 0 spiro atoms. The van der Waals surface area contributed by atoms with Crippen LogP contribution in [-0.2, 0) is 0 Å². The minimum Gasteiger partial charge on any atom is -0.478 e. The van der Waals surface area contributed by atoms with Crippen LogP contribution in [0, 0.1) is 0 Å². The molecule has 0 aliphatic rings. The van der Waals surface area contributed by atoms with Crippen molar-refractivity contribution in [2.24, 2.45) is 0 Å². The standard InChI is InChI=1S/C10H12ClNO4/c11-4-8(13)9(14)6-2-1-5(12)3-7(6)10(15)16/h1-3,8-9,13-14H,4,12H2,(H,15,16). The number of carboxylic acids is 1. The minimum atomic E-state index is -1.34. The van der Waals surface area contributed by atoms with E-state index in [-0.39, 0.29) is 22.7 Å². The summed E-state index contributed by atoms with van der Waals surface area (Å²) in [7, 11) is 0. The highest BCUT2D eigenvalue weighted by atomic mass is 35.5. The highest BCUT2D eigenvalue weighted by Gasteiger charge is 2.23. The largest absolute Gasteiger partial charge is 0.478 e. The monoisotopic (exact) mass is 245 g/mol. The SMILES string of the molecule is Nc1ccc(C(O)C(O)CCl)c(C(=O)O)c1. The van der Waals surface area contributed by atoms with Crippen molar-refractivity contribution in [2.45, 2.75) is 12.2 Å². The Morgan fingerprint density at radius 1 is 1.44 bits per heavy atom. The first-order chi connectivity index (χ1) is 7.47. The second kappa shape index (κ2) is 5.16. The Hall–Kier alpha value is -1.30. The second-order valence-electron chi connectivity index (χ2n) is 3.32. The van der Waals surface area contributed by atoms with Gasteiger partial charge < -0.3 is 21.1 Å². The zero-order chi connectivity index (χ0) is 12.3. The van der Waals surface area contributed by atoms with Crippen molar-refractivity contribution in [3.8, 4) is 0 Å². The average Bonchev–Trinajstić information content (AvgIpc) is 2.26. The molecule has 88 valence electrons. The average molecular weight is 246 g/mol. The molecule has 0 heterocycles. The summed E-state index contributed by atoms with van der Waals surface area (Å²) >= 11 is 5.38. The highest BCUT2D eigenvalue weighted by Crippen LogP contribution is 2.24. The van der Waals surface area contributed by atoms with Crippen LogP contribution in [0.15, 0.2) is 18.2 Å². The molecule has 0 aliphatic heterocycles. The molecule has 2 unspecified atom stereocenters. The number of carboxylic acid groups (broad SMARTS) is 1. The molecule has 16 heavy (non-hydrogen) atoms. The maximum Gasteiger partial charge on any atom is 0.336 e. The third kappa shape index (κ3) is 2.63. The Kier molecular flexibility index (Phi) is 4.12. The number of carbonyl (C=O) groups is 1. The Morgan fingerprint density at radius 3 is 2.56 bits per heavy atom. The van der Waals surface area contributed by atoms with E-state index in [4.69, 9.17) is 22.4 Å². The Morgan fingerprint density at radius 2 is 2.06 bits per heavy atom. The number of nitrogen functional groups attached to an aromatic ring is 1. The van der Waals surface area contributed by atoms with Crippen LogP contribution in [0.4, 0.5) is 5.69 Å². The van der Waals surface area contributed by atoms with E-state index in [0.717, 1.165) is 0 Å². The summed E-state index contributed by atoms with van der Waals surface area (Å²) in [5, 5.41) is 27.9. The van der Waals surface area contributed by atoms with Crippen LogP contribution in [-0.4, -0.2) is 33.3 Å². The first kappa shape index (κ1) is 12.8. The van der Waals surface area contributed by atoms with E-state index in [1.54, 1.807) is 0 Å². The van der Waals surface area contributed by atoms with Crippen LogP contribution in [0.1, 0.15) is 22.0 Å². The quantitative estimate of drug-likeness (QED) is 0.459. The number of anilines is 1. The molecule has 0 bridgehead atoms. The summed E-state index contributed by atoms with van der Waals surface area (Å²) < 4.78 is 0. The van der Waals surface area contributed by atoms with Crippen molar-refractivity contribution in [2.75, 3.05) is 11.6 Å². The van der Waals surface area contributed by atoms with Gasteiger partial charge in [-0.15, -0.1) is 11.6 Å². The molecule has 1 aromatic carbocycles. The molecular weight excluding hydrogens is 234 g/mol. The van der Waals surface area contributed by atoms with E-state index in [2.05, 4.69) is 0 Å². The summed E-state index contributed by atoms with van der Waals surface area (Å²) in [5.41, 5.74) is 5.66. The topological polar surface area (TPSA) is 104 Å². The van der Waals surface area contributed by atoms with Crippen LogP contribution in [0.25, 0.3) is 0 Å². The molecule has 0 aromatic heterocycles. The number of nitrogens with two attached hydrogens (primary N) is 1. The van der Waals surface area contributed by atoms with Crippen molar-refractivity contribution in [3.63, 3.8) is 0 Å². The van der Waals surface area contributed by atoms with E-state index >= 15 is 0 Å². The van der Waals surface area contributed by atoms with Crippen molar-refractivity contribution < 1.29 is 20.1 Å². The molecule has 6 heteroatoms. The lowest BCUT2D eigenvalue weighted by molar-refractivity contribution is 0.0313.